The summed E-state index contributed by atoms with van der Waals surface area (Å²) >= 11 is 0. The van der Waals surface area contributed by atoms with E-state index in [0.717, 1.165) is 44.3 Å². The summed E-state index contributed by atoms with van der Waals surface area (Å²) < 4.78 is 50.3. The van der Waals surface area contributed by atoms with Crippen LogP contribution in [0.1, 0.15) is 65.2 Å². The summed E-state index contributed by atoms with van der Waals surface area (Å²) in [7, 11) is -4.04. The maximum atomic E-state index is 13.8. The SMILES string of the molecule is CCCCCC1C=C(F)C(F)=CC1(CCCCC)S(N)(=O)=O. The highest BCUT2D eigenvalue weighted by Crippen LogP contribution is 2.43. The average molecular weight is 335 g/mol. The predicted octanol–water partition coefficient (Wildman–Crippen LogP) is 4.51. The fraction of sp³-hybridized carbons (Fsp3) is 0.750. The molecule has 0 saturated carbocycles. The monoisotopic (exact) mass is 335 g/mol. The van der Waals surface area contributed by atoms with E-state index in [1.54, 1.807) is 0 Å². The molecule has 0 fully saturated rings. The summed E-state index contributed by atoms with van der Waals surface area (Å²) in [5.41, 5.74) is 0. The second kappa shape index (κ2) is 8.20. The van der Waals surface area contributed by atoms with Crippen LogP contribution in [0, 0.1) is 5.92 Å². The summed E-state index contributed by atoms with van der Waals surface area (Å²) in [6.07, 6.45) is 7.78. The number of hydrogen-bond donors (Lipinski definition) is 1. The highest BCUT2D eigenvalue weighted by molar-refractivity contribution is 7.90. The third-order valence-corrected chi connectivity index (χ3v) is 6.08. The molecule has 0 aliphatic heterocycles. The Labute approximate surface area is 132 Å². The highest BCUT2D eigenvalue weighted by atomic mass is 32.2. The third kappa shape index (κ3) is 4.38. The van der Waals surface area contributed by atoms with Gasteiger partial charge in [-0.25, -0.2) is 22.3 Å². The van der Waals surface area contributed by atoms with Gasteiger partial charge in [0.05, 0.1) is 0 Å². The zero-order valence-electron chi connectivity index (χ0n) is 13.4. The van der Waals surface area contributed by atoms with E-state index in [2.05, 4.69) is 0 Å². The minimum atomic E-state index is -4.04. The largest absolute Gasteiger partial charge is 0.228 e. The number of sulfonamides is 1. The summed E-state index contributed by atoms with van der Waals surface area (Å²) in [6, 6.07) is 0. The van der Waals surface area contributed by atoms with Gasteiger partial charge in [-0.15, -0.1) is 0 Å². The van der Waals surface area contributed by atoms with Gasteiger partial charge in [0.25, 0.3) is 0 Å². The molecule has 128 valence electrons. The molecule has 2 N–H and O–H groups in total. The van der Waals surface area contributed by atoms with Crippen molar-refractivity contribution in [3.63, 3.8) is 0 Å². The van der Waals surface area contributed by atoms with Gasteiger partial charge in [0.2, 0.25) is 10.0 Å². The molecule has 1 aliphatic carbocycles. The van der Waals surface area contributed by atoms with Crippen molar-refractivity contribution in [3.05, 3.63) is 23.8 Å². The van der Waals surface area contributed by atoms with Crippen molar-refractivity contribution in [2.45, 2.75) is 70.0 Å². The molecule has 1 rings (SSSR count). The molecule has 0 spiro atoms. The van der Waals surface area contributed by atoms with Gasteiger partial charge in [-0.1, -0.05) is 52.4 Å². The lowest BCUT2D eigenvalue weighted by Gasteiger charge is -2.37. The van der Waals surface area contributed by atoms with Crippen molar-refractivity contribution in [2.75, 3.05) is 0 Å². The first-order valence-corrected chi connectivity index (χ1v) is 9.61. The molecule has 22 heavy (non-hydrogen) atoms. The van der Waals surface area contributed by atoms with E-state index in [9.17, 15) is 17.2 Å². The molecule has 0 aromatic rings. The first kappa shape index (κ1) is 19.3. The van der Waals surface area contributed by atoms with Crippen molar-refractivity contribution in [1.29, 1.82) is 0 Å². The van der Waals surface area contributed by atoms with Crippen LogP contribution in [-0.4, -0.2) is 13.2 Å². The Kier molecular flexibility index (Phi) is 7.19. The van der Waals surface area contributed by atoms with Crippen molar-refractivity contribution in [2.24, 2.45) is 11.1 Å². The van der Waals surface area contributed by atoms with Crippen LogP contribution >= 0.6 is 0 Å². The van der Waals surface area contributed by atoms with Crippen LogP contribution in [0.3, 0.4) is 0 Å². The van der Waals surface area contributed by atoms with Crippen LogP contribution in [0.4, 0.5) is 8.78 Å². The number of hydrogen-bond acceptors (Lipinski definition) is 2. The van der Waals surface area contributed by atoms with Crippen LogP contribution in [0.15, 0.2) is 23.8 Å². The molecule has 0 heterocycles. The first-order chi connectivity index (χ1) is 10.3. The Hall–Kier alpha value is -0.750. The zero-order valence-corrected chi connectivity index (χ0v) is 14.3. The molecule has 6 heteroatoms. The fourth-order valence-electron chi connectivity index (χ4n) is 3.07. The second-order valence-corrected chi connectivity index (χ2v) is 7.92. The van der Waals surface area contributed by atoms with E-state index in [1.165, 1.54) is 0 Å². The molecule has 0 radical (unpaired) electrons. The molecule has 0 bridgehead atoms. The summed E-state index contributed by atoms with van der Waals surface area (Å²) in [5.74, 6) is -2.70. The minimum absolute atomic E-state index is 0.230. The Balaban J connectivity index is 3.15. The highest BCUT2D eigenvalue weighted by Gasteiger charge is 2.48. The smallest absolute Gasteiger partial charge is 0.219 e. The molecule has 2 atom stereocenters. The molecular formula is C16H27F2NO2S. The first-order valence-electron chi connectivity index (χ1n) is 8.07. The van der Waals surface area contributed by atoms with E-state index >= 15 is 0 Å². The lowest BCUT2D eigenvalue weighted by molar-refractivity contribution is 0.372. The van der Waals surface area contributed by atoms with Gasteiger partial charge in [-0.3, -0.25) is 0 Å². The van der Waals surface area contributed by atoms with Gasteiger partial charge >= 0.3 is 0 Å². The van der Waals surface area contributed by atoms with E-state index < -0.39 is 32.3 Å². The minimum Gasteiger partial charge on any atom is -0.228 e. The molecule has 3 nitrogen and oxygen atoms in total. The van der Waals surface area contributed by atoms with Gasteiger partial charge < -0.3 is 0 Å². The fourth-order valence-corrected chi connectivity index (χ4v) is 4.38. The lowest BCUT2D eigenvalue weighted by Crippen LogP contribution is -2.48. The normalized spacial score (nSPS) is 25.8. The van der Waals surface area contributed by atoms with Crippen LogP contribution < -0.4 is 5.14 Å². The van der Waals surface area contributed by atoms with Gasteiger partial charge in [-0.2, -0.15) is 0 Å². The van der Waals surface area contributed by atoms with Gasteiger partial charge in [0.15, 0.2) is 11.7 Å². The van der Waals surface area contributed by atoms with Crippen LogP contribution in [0.2, 0.25) is 0 Å². The van der Waals surface area contributed by atoms with E-state index in [0.29, 0.717) is 12.8 Å². The summed E-state index contributed by atoms with van der Waals surface area (Å²) in [6.45, 7) is 4.03. The Bertz CT molecular complexity index is 528. The van der Waals surface area contributed by atoms with Gasteiger partial charge in [0, 0.05) is 5.92 Å². The predicted molar refractivity (Wildman–Crippen MR) is 86.0 cm³/mol. The van der Waals surface area contributed by atoms with E-state index in [1.807, 2.05) is 13.8 Å². The van der Waals surface area contributed by atoms with Crippen molar-refractivity contribution < 1.29 is 17.2 Å². The van der Waals surface area contributed by atoms with Gasteiger partial charge in [-0.05, 0) is 25.0 Å². The number of rotatable bonds is 9. The number of halogens is 2. The molecule has 0 amide bonds. The van der Waals surface area contributed by atoms with Crippen LogP contribution in [0.25, 0.3) is 0 Å². The van der Waals surface area contributed by atoms with Crippen molar-refractivity contribution in [3.8, 4) is 0 Å². The van der Waals surface area contributed by atoms with Crippen LogP contribution in [-0.2, 0) is 10.0 Å². The molecular weight excluding hydrogens is 308 g/mol. The molecule has 0 aromatic carbocycles. The number of unbranched alkanes of at least 4 members (excludes halogenated alkanes) is 4. The number of allylic oxidation sites excluding steroid dienone is 3. The summed E-state index contributed by atoms with van der Waals surface area (Å²) in [4.78, 5) is 0. The maximum Gasteiger partial charge on any atom is 0.219 e. The average Bonchev–Trinajstić information content (AvgIpc) is 2.43. The Morgan fingerprint density at radius 1 is 1.09 bits per heavy atom. The van der Waals surface area contributed by atoms with E-state index in [-0.39, 0.29) is 6.42 Å². The molecule has 0 aromatic heterocycles. The summed E-state index contributed by atoms with van der Waals surface area (Å²) in [5, 5.41) is 5.44. The van der Waals surface area contributed by atoms with Crippen molar-refractivity contribution >= 4 is 10.0 Å². The quantitative estimate of drug-likeness (QED) is 0.630. The lowest BCUT2D eigenvalue weighted by atomic mass is 9.80. The van der Waals surface area contributed by atoms with Gasteiger partial charge in [0.1, 0.15) is 4.75 Å². The maximum absolute atomic E-state index is 13.8. The molecule has 1 aliphatic rings. The van der Waals surface area contributed by atoms with Crippen LogP contribution in [0.5, 0.6) is 0 Å². The molecule has 2 unspecified atom stereocenters. The third-order valence-electron chi connectivity index (χ3n) is 4.39. The molecule has 0 saturated heterocycles. The standard InChI is InChI=1S/C16H27F2NO2S/c1-3-5-7-9-13-11-14(17)15(18)12-16(13,22(19,20)21)10-8-6-4-2/h11-13H,3-10H2,1-2H3,(H2,19,20,21). The second-order valence-electron chi connectivity index (χ2n) is 6.07. The van der Waals surface area contributed by atoms with E-state index in [4.69, 9.17) is 5.14 Å². The van der Waals surface area contributed by atoms with Crippen molar-refractivity contribution in [1.82, 2.24) is 0 Å². The Morgan fingerprint density at radius 3 is 2.23 bits per heavy atom. The number of primary sulfonamides is 1. The Morgan fingerprint density at radius 2 is 1.68 bits per heavy atom. The topological polar surface area (TPSA) is 60.2 Å². The number of nitrogens with two attached hydrogens (primary N) is 1. The zero-order chi connectivity index (χ0) is 16.8.